The lowest BCUT2D eigenvalue weighted by Gasteiger charge is -2.26. The topological polar surface area (TPSA) is 70.1 Å². The van der Waals surface area contributed by atoms with Crippen LogP contribution in [0.5, 0.6) is 5.75 Å². The summed E-state index contributed by atoms with van der Waals surface area (Å²) < 4.78 is 5.88. The van der Waals surface area contributed by atoms with E-state index in [9.17, 15) is 14.7 Å². The first-order chi connectivity index (χ1) is 18.2. The van der Waals surface area contributed by atoms with Gasteiger partial charge in [-0.05, 0) is 81.5 Å². The van der Waals surface area contributed by atoms with Crippen molar-refractivity contribution in [3.63, 3.8) is 0 Å². The molecule has 3 aromatic rings. The van der Waals surface area contributed by atoms with Crippen LogP contribution in [0.4, 0.5) is 0 Å². The van der Waals surface area contributed by atoms with Gasteiger partial charge in [0.15, 0.2) is 0 Å². The van der Waals surface area contributed by atoms with Crippen molar-refractivity contribution in [2.45, 2.75) is 26.0 Å². The Kier molecular flexibility index (Phi) is 8.77. The minimum atomic E-state index is -0.788. The van der Waals surface area contributed by atoms with E-state index in [0.717, 1.165) is 17.7 Å². The van der Waals surface area contributed by atoms with Crippen LogP contribution in [-0.4, -0.2) is 53.8 Å². The van der Waals surface area contributed by atoms with E-state index in [-0.39, 0.29) is 11.3 Å². The molecule has 0 spiro atoms. The summed E-state index contributed by atoms with van der Waals surface area (Å²) in [7, 11) is 3.89. The molecule has 1 unspecified atom stereocenters. The molecule has 0 aliphatic carbocycles. The van der Waals surface area contributed by atoms with Crippen LogP contribution in [0.15, 0.2) is 72.3 Å². The molecule has 4 rings (SSSR count). The fourth-order valence-corrected chi connectivity index (χ4v) is 4.84. The van der Waals surface area contributed by atoms with Crippen LogP contribution < -0.4 is 4.74 Å². The second-order valence-electron chi connectivity index (χ2n) is 9.62. The largest absolute Gasteiger partial charge is 0.507 e. The predicted octanol–water partition coefficient (Wildman–Crippen LogP) is 6.25. The first-order valence-electron chi connectivity index (χ1n) is 12.3. The van der Waals surface area contributed by atoms with Gasteiger partial charge < -0.3 is 19.6 Å². The number of carbonyl (C=O) groups excluding carboxylic acids is 2. The highest BCUT2D eigenvalue weighted by molar-refractivity contribution is 6.46. The minimum Gasteiger partial charge on any atom is -0.507 e. The highest BCUT2D eigenvalue weighted by Gasteiger charge is 2.45. The molecule has 1 fully saturated rings. The van der Waals surface area contributed by atoms with Crippen molar-refractivity contribution in [3.05, 3.63) is 105 Å². The van der Waals surface area contributed by atoms with Gasteiger partial charge in [-0.3, -0.25) is 9.59 Å². The van der Waals surface area contributed by atoms with Gasteiger partial charge in [-0.15, -0.1) is 0 Å². The van der Waals surface area contributed by atoms with Crippen molar-refractivity contribution < 1.29 is 19.4 Å². The molecule has 1 amide bonds. The molecule has 1 saturated heterocycles. The van der Waals surface area contributed by atoms with Gasteiger partial charge in [0, 0.05) is 12.1 Å². The molecule has 38 heavy (non-hydrogen) atoms. The summed E-state index contributed by atoms with van der Waals surface area (Å²) in [5.74, 6) is -1.02. The first-order valence-corrected chi connectivity index (χ1v) is 13.1. The molecule has 3 aromatic carbocycles. The average Bonchev–Trinajstić information content (AvgIpc) is 3.14. The minimum absolute atomic E-state index is 0.0201. The van der Waals surface area contributed by atoms with Gasteiger partial charge in [-0.2, -0.15) is 0 Å². The third-order valence-corrected chi connectivity index (χ3v) is 7.16. The number of hydrogen-bond acceptors (Lipinski definition) is 5. The van der Waals surface area contributed by atoms with Gasteiger partial charge in [0.2, 0.25) is 0 Å². The predicted molar refractivity (Wildman–Crippen MR) is 151 cm³/mol. The Morgan fingerprint density at radius 2 is 1.74 bits per heavy atom. The lowest BCUT2D eigenvalue weighted by Crippen LogP contribution is -2.32. The molecular weight excluding hydrogens is 523 g/mol. The number of halogens is 2. The van der Waals surface area contributed by atoms with Gasteiger partial charge in [-0.1, -0.05) is 59.1 Å². The zero-order chi connectivity index (χ0) is 27.4. The number of benzene rings is 3. The second kappa shape index (κ2) is 12.0. The highest BCUT2D eigenvalue weighted by Crippen LogP contribution is 2.41. The van der Waals surface area contributed by atoms with E-state index >= 15 is 0 Å². The second-order valence-corrected chi connectivity index (χ2v) is 10.4. The molecule has 1 aliphatic heterocycles. The summed E-state index contributed by atoms with van der Waals surface area (Å²) in [6.45, 7) is 3.51. The molecular formula is C30H30Cl2N2O4. The van der Waals surface area contributed by atoms with E-state index < -0.39 is 17.7 Å². The molecule has 1 aliphatic rings. The maximum atomic E-state index is 13.2. The monoisotopic (exact) mass is 552 g/mol. The van der Waals surface area contributed by atoms with Crippen LogP contribution in [-0.2, 0) is 16.2 Å². The van der Waals surface area contributed by atoms with Crippen LogP contribution >= 0.6 is 23.2 Å². The van der Waals surface area contributed by atoms with Gasteiger partial charge >= 0.3 is 0 Å². The zero-order valence-corrected chi connectivity index (χ0v) is 23.1. The molecule has 1 heterocycles. The van der Waals surface area contributed by atoms with Crippen LogP contribution in [0.2, 0.25) is 10.0 Å². The Labute approximate surface area is 233 Å². The number of rotatable bonds is 9. The van der Waals surface area contributed by atoms with Gasteiger partial charge in [0.1, 0.15) is 18.1 Å². The Balaban J connectivity index is 1.65. The Morgan fingerprint density at radius 1 is 1.00 bits per heavy atom. The molecule has 0 bridgehead atoms. The van der Waals surface area contributed by atoms with E-state index in [1.54, 1.807) is 42.5 Å². The zero-order valence-electron chi connectivity index (χ0n) is 21.6. The molecule has 0 radical (unpaired) electrons. The molecule has 198 valence electrons. The third kappa shape index (κ3) is 6.21. The number of amides is 1. The number of aliphatic hydroxyl groups is 1. The maximum absolute atomic E-state index is 13.2. The van der Waals surface area contributed by atoms with E-state index in [1.807, 2.05) is 44.1 Å². The number of Topliss-reactive ketones (excluding diaryl/α,β-unsaturated/α-hetero) is 1. The standard InChI is InChI=1S/C30H30Cl2N2O4/c1-19-6-4-7-20(16-19)18-38-23-11-8-21(9-12-23)28(35)26-27(22-10-13-24(31)25(32)17-22)34(30(37)29(26)36)15-5-14-33(2)3/h4,6-13,16-17,27,35H,5,14-15,18H2,1-3H3/b28-26+. The van der Waals surface area contributed by atoms with Gasteiger partial charge in [0.05, 0.1) is 21.7 Å². The van der Waals surface area contributed by atoms with Crippen LogP contribution in [0, 0.1) is 6.92 Å². The SMILES string of the molecule is Cc1cccc(COc2ccc(/C(O)=C3\C(=O)C(=O)N(CCCN(C)C)C3c3ccc(Cl)c(Cl)c3)cc2)c1. The Morgan fingerprint density at radius 3 is 2.39 bits per heavy atom. The third-order valence-electron chi connectivity index (χ3n) is 6.42. The van der Waals surface area contributed by atoms with Crippen molar-refractivity contribution in [1.82, 2.24) is 9.80 Å². The number of aliphatic hydroxyl groups excluding tert-OH is 1. The molecule has 6 nitrogen and oxygen atoms in total. The van der Waals surface area contributed by atoms with Crippen molar-refractivity contribution in [2.75, 3.05) is 27.2 Å². The Hall–Kier alpha value is -3.32. The molecule has 0 saturated carbocycles. The van der Waals surface area contributed by atoms with E-state index in [0.29, 0.717) is 46.5 Å². The van der Waals surface area contributed by atoms with Crippen LogP contribution in [0.1, 0.15) is 34.7 Å². The van der Waals surface area contributed by atoms with Crippen LogP contribution in [0.3, 0.4) is 0 Å². The molecule has 1 N–H and O–H groups in total. The first kappa shape index (κ1) is 27.7. The summed E-state index contributed by atoms with van der Waals surface area (Å²) >= 11 is 12.4. The van der Waals surface area contributed by atoms with E-state index in [2.05, 4.69) is 6.07 Å². The van der Waals surface area contributed by atoms with Crippen molar-refractivity contribution >= 4 is 40.7 Å². The van der Waals surface area contributed by atoms with E-state index in [1.165, 1.54) is 4.90 Å². The maximum Gasteiger partial charge on any atom is 0.295 e. The highest BCUT2D eigenvalue weighted by atomic mass is 35.5. The summed E-state index contributed by atoms with van der Waals surface area (Å²) in [6.07, 6.45) is 0.658. The molecule has 0 aromatic heterocycles. The molecule has 1 atom stereocenters. The number of ether oxygens (including phenoxy) is 1. The number of hydrogen-bond donors (Lipinski definition) is 1. The quantitative estimate of drug-likeness (QED) is 0.193. The summed E-state index contributed by atoms with van der Waals surface area (Å²) in [5, 5.41) is 12.0. The number of aryl methyl sites for hydroxylation is 1. The van der Waals surface area contributed by atoms with E-state index in [4.69, 9.17) is 27.9 Å². The fraction of sp³-hybridized carbons (Fsp3) is 0.267. The van der Waals surface area contributed by atoms with Crippen molar-refractivity contribution in [2.24, 2.45) is 0 Å². The number of likely N-dealkylation sites (tertiary alicyclic amines) is 1. The summed E-state index contributed by atoms with van der Waals surface area (Å²) in [4.78, 5) is 29.8. The number of carbonyl (C=O) groups is 2. The normalized spacial score (nSPS) is 16.9. The fourth-order valence-electron chi connectivity index (χ4n) is 4.53. The van der Waals surface area contributed by atoms with Crippen molar-refractivity contribution in [3.8, 4) is 5.75 Å². The summed E-state index contributed by atoms with van der Waals surface area (Å²) in [5.41, 5.74) is 3.23. The van der Waals surface area contributed by atoms with Crippen LogP contribution in [0.25, 0.3) is 5.76 Å². The van der Waals surface area contributed by atoms with Gasteiger partial charge in [0.25, 0.3) is 11.7 Å². The Bertz CT molecular complexity index is 1370. The molecule has 8 heteroatoms. The lowest BCUT2D eigenvalue weighted by molar-refractivity contribution is -0.139. The number of nitrogens with zero attached hydrogens (tertiary/aromatic N) is 2. The van der Waals surface area contributed by atoms with Crippen molar-refractivity contribution in [1.29, 1.82) is 0 Å². The van der Waals surface area contributed by atoms with Gasteiger partial charge in [-0.25, -0.2) is 0 Å². The number of ketones is 1. The average molecular weight is 553 g/mol. The smallest absolute Gasteiger partial charge is 0.295 e. The lowest BCUT2D eigenvalue weighted by atomic mass is 9.95. The summed E-state index contributed by atoms with van der Waals surface area (Å²) in [6, 6.07) is 19.1.